The average molecular weight is 259 g/mol. The number of carbonyl (C=O) groups excluding carboxylic acids is 1. The largest absolute Gasteiger partial charge is 0.427 e. The predicted molar refractivity (Wildman–Crippen MR) is 70.5 cm³/mol. The lowest BCUT2D eigenvalue weighted by atomic mass is 9.91. The lowest BCUT2D eigenvalue weighted by Crippen LogP contribution is -2.20. The molecule has 4 heteroatoms. The summed E-state index contributed by atoms with van der Waals surface area (Å²) in [6.45, 7) is 0.489. The summed E-state index contributed by atoms with van der Waals surface area (Å²) in [6.07, 6.45) is 5.73. The smallest absolute Gasteiger partial charge is 0.311 e. The Kier molecular flexibility index (Phi) is 3.36. The van der Waals surface area contributed by atoms with E-state index in [4.69, 9.17) is 15.2 Å². The van der Waals surface area contributed by atoms with Gasteiger partial charge in [-0.3, -0.25) is 4.79 Å². The van der Waals surface area contributed by atoms with Crippen molar-refractivity contribution in [2.75, 3.05) is 0 Å². The Hall–Kier alpha value is -1.65. The van der Waals surface area contributed by atoms with Crippen LogP contribution in [-0.4, -0.2) is 18.2 Å². The first-order valence-electron chi connectivity index (χ1n) is 6.58. The lowest BCUT2D eigenvalue weighted by molar-refractivity contribution is -0.135. The van der Waals surface area contributed by atoms with E-state index in [0.717, 1.165) is 12.0 Å². The fourth-order valence-corrected chi connectivity index (χ4v) is 2.64. The molecule has 3 rings (SSSR count). The SMILES string of the molecule is NCc1ccc(OC(=O)CC2CC3C=CC2O3)cc1. The van der Waals surface area contributed by atoms with Gasteiger partial charge in [0, 0.05) is 12.5 Å². The van der Waals surface area contributed by atoms with E-state index < -0.39 is 0 Å². The van der Waals surface area contributed by atoms with Gasteiger partial charge in [-0.15, -0.1) is 0 Å². The first kappa shape index (κ1) is 12.4. The zero-order valence-electron chi connectivity index (χ0n) is 10.6. The Bertz CT molecular complexity index is 495. The second kappa shape index (κ2) is 5.15. The minimum absolute atomic E-state index is 0.0946. The van der Waals surface area contributed by atoms with E-state index in [1.807, 2.05) is 18.2 Å². The van der Waals surface area contributed by atoms with Crippen molar-refractivity contribution in [3.05, 3.63) is 42.0 Å². The Morgan fingerprint density at radius 1 is 1.32 bits per heavy atom. The summed E-state index contributed by atoms with van der Waals surface area (Å²) >= 11 is 0. The van der Waals surface area contributed by atoms with Crippen molar-refractivity contribution >= 4 is 5.97 Å². The fourth-order valence-electron chi connectivity index (χ4n) is 2.64. The fraction of sp³-hybridized carbons (Fsp3) is 0.400. The number of rotatable bonds is 4. The third kappa shape index (κ3) is 2.69. The highest BCUT2D eigenvalue weighted by molar-refractivity contribution is 5.72. The van der Waals surface area contributed by atoms with E-state index in [0.29, 0.717) is 18.7 Å². The summed E-state index contributed by atoms with van der Waals surface area (Å²) in [5.41, 5.74) is 6.54. The van der Waals surface area contributed by atoms with Crippen LogP contribution in [0.3, 0.4) is 0 Å². The third-order valence-corrected chi connectivity index (χ3v) is 3.67. The summed E-state index contributed by atoms with van der Waals surface area (Å²) in [5, 5.41) is 0. The standard InChI is InChI=1S/C15H17NO3/c16-9-10-1-3-12(4-2-10)19-15(17)8-11-7-13-5-6-14(11)18-13/h1-6,11,13-14H,7-9,16H2. The normalized spacial score (nSPS) is 27.7. The quantitative estimate of drug-likeness (QED) is 0.508. The first-order chi connectivity index (χ1) is 9.24. The molecule has 2 N–H and O–H groups in total. The summed E-state index contributed by atoms with van der Waals surface area (Å²) in [7, 11) is 0. The van der Waals surface area contributed by atoms with E-state index >= 15 is 0 Å². The molecule has 3 unspecified atom stereocenters. The van der Waals surface area contributed by atoms with Gasteiger partial charge in [-0.1, -0.05) is 24.3 Å². The number of fused-ring (bicyclic) bond motifs is 2. The van der Waals surface area contributed by atoms with Crippen LogP contribution in [0.5, 0.6) is 5.75 Å². The monoisotopic (exact) mass is 259 g/mol. The molecule has 1 aromatic rings. The maximum absolute atomic E-state index is 11.9. The zero-order chi connectivity index (χ0) is 13.2. The van der Waals surface area contributed by atoms with Gasteiger partial charge in [0.25, 0.3) is 0 Å². The van der Waals surface area contributed by atoms with Crippen LogP contribution in [0.1, 0.15) is 18.4 Å². The molecule has 4 nitrogen and oxygen atoms in total. The highest BCUT2D eigenvalue weighted by Crippen LogP contribution is 2.35. The van der Waals surface area contributed by atoms with Crippen LogP contribution in [0.4, 0.5) is 0 Å². The van der Waals surface area contributed by atoms with Crippen molar-refractivity contribution in [3.8, 4) is 5.75 Å². The summed E-state index contributed by atoms with van der Waals surface area (Å²) in [4.78, 5) is 11.9. The van der Waals surface area contributed by atoms with Crippen LogP contribution in [0, 0.1) is 5.92 Å². The second-order valence-corrected chi connectivity index (χ2v) is 5.05. The second-order valence-electron chi connectivity index (χ2n) is 5.05. The summed E-state index contributed by atoms with van der Waals surface area (Å²) in [6, 6.07) is 7.28. The molecular formula is C15H17NO3. The molecular weight excluding hydrogens is 242 g/mol. The van der Waals surface area contributed by atoms with Gasteiger partial charge in [0.2, 0.25) is 0 Å². The first-order valence-corrected chi connectivity index (χ1v) is 6.58. The molecule has 2 aliphatic heterocycles. The van der Waals surface area contributed by atoms with Crippen molar-refractivity contribution in [1.82, 2.24) is 0 Å². The molecule has 0 amide bonds. The van der Waals surface area contributed by atoms with Crippen LogP contribution < -0.4 is 10.5 Å². The van der Waals surface area contributed by atoms with Gasteiger partial charge in [0.15, 0.2) is 0 Å². The number of nitrogens with two attached hydrogens (primary N) is 1. The maximum atomic E-state index is 11.9. The van der Waals surface area contributed by atoms with Gasteiger partial charge in [0.1, 0.15) is 5.75 Å². The number of carbonyl (C=O) groups is 1. The summed E-state index contributed by atoms with van der Waals surface area (Å²) in [5.74, 6) is 0.627. The predicted octanol–water partition coefficient (Wildman–Crippen LogP) is 1.78. The minimum Gasteiger partial charge on any atom is -0.427 e. The minimum atomic E-state index is -0.199. The van der Waals surface area contributed by atoms with Crippen LogP contribution in [0.25, 0.3) is 0 Å². The van der Waals surface area contributed by atoms with Gasteiger partial charge in [-0.25, -0.2) is 0 Å². The van der Waals surface area contributed by atoms with E-state index in [2.05, 4.69) is 6.08 Å². The highest BCUT2D eigenvalue weighted by Gasteiger charge is 2.38. The molecule has 0 spiro atoms. The maximum Gasteiger partial charge on any atom is 0.311 e. The molecule has 1 fully saturated rings. The lowest BCUT2D eigenvalue weighted by Gasteiger charge is -2.14. The van der Waals surface area contributed by atoms with Gasteiger partial charge in [0.05, 0.1) is 18.6 Å². The van der Waals surface area contributed by atoms with Crippen LogP contribution >= 0.6 is 0 Å². The van der Waals surface area contributed by atoms with Gasteiger partial charge in [-0.05, 0) is 24.1 Å². The van der Waals surface area contributed by atoms with E-state index in [-0.39, 0.29) is 24.1 Å². The highest BCUT2D eigenvalue weighted by atomic mass is 16.5. The number of ether oxygens (including phenoxy) is 2. The van der Waals surface area contributed by atoms with E-state index in [1.54, 1.807) is 12.1 Å². The van der Waals surface area contributed by atoms with Crippen molar-refractivity contribution in [2.45, 2.75) is 31.6 Å². The molecule has 0 aromatic heterocycles. The van der Waals surface area contributed by atoms with Gasteiger partial charge < -0.3 is 15.2 Å². The average Bonchev–Trinajstić information content (AvgIpc) is 3.02. The summed E-state index contributed by atoms with van der Waals surface area (Å²) < 4.78 is 11.0. The number of hydrogen-bond acceptors (Lipinski definition) is 4. The number of esters is 1. The van der Waals surface area contributed by atoms with Crippen molar-refractivity contribution < 1.29 is 14.3 Å². The van der Waals surface area contributed by atoms with Crippen LogP contribution in [0.2, 0.25) is 0 Å². The molecule has 19 heavy (non-hydrogen) atoms. The molecule has 2 aliphatic rings. The van der Waals surface area contributed by atoms with Gasteiger partial charge >= 0.3 is 5.97 Å². The Labute approximate surface area is 112 Å². The molecule has 3 atom stereocenters. The molecule has 0 saturated carbocycles. The zero-order valence-corrected chi connectivity index (χ0v) is 10.6. The molecule has 2 heterocycles. The molecule has 100 valence electrons. The Morgan fingerprint density at radius 2 is 2.11 bits per heavy atom. The third-order valence-electron chi connectivity index (χ3n) is 3.67. The van der Waals surface area contributed by atoms with Crippen molar-refractivity contribution in [2.24, 2.45) is 11.7 Å². The Balaban J connectivity index is 1.54. The molecule has 2 bridgehead atoms. The molecule has 0 radical (unpaired) electrons. The molecule has 0 aliphatic carbocycles. The number of benzene rings is 1. The van der Waals surface area contributed by atoms with Crippen LogP contribution in [-0.2, 0) is 16.1 Å². The van der Waals surface area contributed by atoms with Crippen molar-refractivity contribution in [3.63, 3.8) is 0 Å². The topological polar surface area (TPSA) is 61.5 Å². The number of hydrogen-bond donors (Lipinski definition) is 1. The van der Waals surface area contributed by atoms with Gasteiger partial charge in [-0.2, -0.15) is 0 Å². The van der Waals surface area contributed by atoms with Crippen LogP contribution in [0.15, 0.2) is 36.4 Å². The Morgan fingerprint density at radius 3 is 2.68 bits per heavy atom. The molecule has 1 saturated heterocycles. The van der Waals surface area contributed by atoms with E-state index in [9.17, 15) is 4.79 Å². The van der Waals surface area contributed by atoms with E-state index in [1.165, 1.54) is 0 Å². The molecule has 1 aromatic carbocycles. The van der Waals surface area contributed by atoms with Crippen molar-refractivity contribution in [1.29, 1.82) is 0 Å².